The lowest BCUT2D eigenvalue weighted by molar-refractivity contribution is -0.385. The second-order valence-electron chi connectivity index (χ2n) is 3.97. The van der Waals surface area contributed by atoms with E-state index in [0.717, 1.165) is 12.1 Å². The fourth-order valence-electron chi connectivity index (χ4n) is 1.66. The zero-order valence-electron chi connectivity index (χ0n) is 10.3. The van der Waals surface area contributed by atoms with E-state index in [1.165, 1.54) is 24.3 Å². The van der Waals surface area contributed by atoms with Gasteiger partial charge in [0.05, 0.1) is 15.6 Å². The number of hydrogen-bond acceptors (Lipinski definition) is 3. The van der Waals surface area contributed by atoms with Crippen LogP contribution in [0.15, 0.2) is 36.4 Å². The summed E-state index contributed by atoms with van der Waals surface area (Å²) in [4.78, 5) is 22.3. The summed E-state index contributed by atoms with van der Waals surface area (Å²) in [5, 5.41) is 13.2. The van der Waals surface area contributed by atoms with Gasteiger partial charge in [-0.05, 0) is 30.3 Å². The maximum atomic E-state index is 12.9. The van der Waals surface area contributed by atoms with Crippen LogP contribution in [0.4, 0.5) is 15.8 Å². The first-order chi connectivity index (χ1) is 9.90. The van der Waals surface area contributed by atoms with Crippen molar-refractivity contribution in [2.75, 3.05) is 5.32 Å². The minimum atomic E-state index is -0.766. The van der Waals surface area contributed by atoms with E-state index in [4.69, 9.17) is 23.2 Å². The third kappa shape index (κ3) is 3.29. The molecular weight excluding hydrogens is 322 g/mol. The molecule has 108 valence electrons. The number of benzene rings is 2. The van der Waals surface area contributed by atoms with Gasteiger partial charge < -0.3 is 5.32 Å². The summed E-state index contributed by atoms with van der Waals surface area (Å²) in [6, 6.07) is 7.36. The number of amides is 1. The molecule has 0 unspecified atom stereocenters. The van der Waals surface area contributed by atoms with Crippen molar-refractivity contribution >= 4 is 40.5 Å². The number of hydrogen-bond donors (Lipinski definition) is 1. The highest BCUT2D eigenvalue weighted by Crippen LogP contribution is 2.30. The molecule has 5 nitrogen and oxygen atoms in total. The third-order valence-corrected chi connectivity index (χ3v) is 3.21. The molecule has 0 bridgehead atoms. The molecule has 0 atom stereocenters. The molecule has 0 radical (unpaired) electrons. The Bertz CT molecular complexity index is 737. The summed E-state index contributed by atoms with van der Waals surface area (Å²) >= 11 is 11.5. The van der Waals surface area contributed by atoms with Crippen molar-refractivity contribution in [3.63, 3.8) is 0 Å². The Morgan fingerprint density at radius 1 is 1.19 bits per heavy atom. The van der Waals surface area contributed by atoms with Gasteiger partial charge in [-0.1, -0.05) is 29.3 Å². The lowest BCUT2D eigenvalue weighted by Crippen LogP contribution is -2.14. The zero-order valence-corrected chi connectivity index (χ0v) is 11.8. The van der Waals surface area contributed by atoms with Gasteiger partial charge in [0.15, 0.2) is 0 Å². The van der Waals surface area contributed by atoms with Gasteiger partial charge >= 0.3 is 5.69 Å². The Hall–Kier alpha value is -2.18. The van der Waals surface area contributed by atoms with Crippen molar-refractivity contribution in [3.05, 3.63) is 67.9 Å². The minimum absolute atomic E-state index is 0.0203. The summed E-state index contributed by atoms with van der Waals surface area (Å²) in [5.41, 5.74) is -0.583. The smallest absolute Gasteiger partial charge is 0.300 e. The molecule has 0 aliphatic carbocycles. The highest BCUT2D eigenvalue weighted by molar-refractivity contribution is 6.35. The van der Waals surface area contributed by atoms with Crippen molar-refractivity contribution in [1.29, 1.82) is 0 Å². The van der Waals surface area contributed by atoms with Crippen molar-refractivity contribution in [3.8, 4) is 0 Å². The SMILES string of the molecule is O=C(Nc1ccc(F)cc1Cl)c1cccc(Cl)c1[N+](=O)[O-]. The van der Waals surface area contributed by atoms with Gasteiger partial charge in [-0.2, -0.15) is 0 Å². The van der Waals surface area contributed by atoms with Crippen LogP contribution in [-0.2, 0) is 0 Å². The second kappa shape index (κ2) is 6.07. The van der Waals surface area contributed by atoms with E-state index >= 15 is 0 Å². The van der Waals surface area contributed by atoms with Crippen molar-refractivity contribution in [2.45, 2.75) is 0 Å². The number of nitro groups is 1. The van der Waals surface area contributed by atoms with Crippen LogP contribution in [0.25, 0.3) is 0 Å². The number of nitrogens with one attached hydrogen (secondary N) is 1. The zero-order chi connectivity index (χ0) is 15.6. The molecular formula is C13H7Cl2FN2O3. The average Bonchev–Trinajstić information content (AvgIpc) is 2.41. The Morgan fingerprint density at radius 2 is 1.90 bits per heavy atom. The molecule has 0 aromatic heterocycles. The Morgan fingerprint density at radius 3 is 2.52 bits per heavy atom. The Labute approximate surface area is 128 Å². The lowest BCUT2D eigenvalue weighted by atomic mass is 10.1. The second-order valence-corrected chi connectivity index (χ2v) is 4.79. The van der Waals surface area contributed by atoms with Gasteiger partial charge in [0.2, 0.25) is 0 Å². The van der Waals surface area contributed by atoms with Crippen LogP contribution in [0.5, 0.6) is 0 Å². The summed E-state index contributed by atoms with van der Waals surface area (Å²) in [6.45, 7) is 0. The average molecular weight is 329 g/mol. The van der Waals surface area contributed by atoms with E-state index in [-0.39, 0.29) is 21.3 Å². The van der Waals surface area contributed by atoms with Crippen LogP contribution < -0.4 is 5.32 Å². The maximum absolute atomic E-state index is 12.9. The molecule has 0 fully saturated rings. The Kier molecular flexibility index (Phi) is 4.40. The van der Waals surface area contributed by atoms with Crippen LogP contribution in [0.1, 0.15) is 10.4 Å². The fraction of sp³-hybridized carbons (Fsp3) is 0. The molecule has 0 heterocycles. The number of halogens is 3. The monoisotopic (exact) mass is 328 g/mol. The number of carbonyl (C=O) groups is 1. The molecule has 0 saturated carbocycles. The largest absolute Gasteiger partial charge is 0.320 e. The summed E-state index contributed by atoms with van der Waals surface area (Å²) in [5.74, 6) is -1.33. The van der Waals surface area contributed by atoms with E-state index in [9.17, 15) is 19.3 Å². The molecule has 0 spiro atoms. The molecule has 0 aliphatic rings. The fourth-order valence-corrected chi connectivity index (χ4v) is 2.12. The van der Waals surface area contributed by atoms with Crippen LogP contribution in [0, 0.1) is 15.9 Å². The number of rotatable bonds is 3. The van der Waals surface area contributed by atoms with E-state index in [2.05, 4.69) is 5.32 Å². The number of para-hydroxylation sites is 1. The molecule has 2 aromatic rings. The van der Waals surface area contributed by atoms with Crippen molar-refractivity contribution in [1.82, 2.24) is 0 Å². The molecule has 21 heavy (non-hydrogen) atoms. The van der Waals surface area contributed by atoms with E-state index in [1.54, 1.807) is 0 Å². The van der Waals surface area contributed by atoms with E-state index in [1.807, 2.05) is 0 Å². The van der Waals surface area contributed by atoms with Crippen LogP contribution in [0.3, 0.4) is 0 Å². The third-order valence-electron chi connectivity index (χ3n) is 2.59. The van der Waals surface area contributed by atoms with Gasteiger partial charge in [-0.25, -0.2) is 4.39 Å². The van der Waals surface area contributed by atoms with E-state index < -0.39 is 22.3 Å². The van der Waals surface area contributed by atoms with E-state index in [0.29, 0.717) is 0 Å². The number of nitrogens with zero attached hydrogens (tertiary/aromatic N) is 1. The highest BCUT2D eigenvalue weighted by Gasteiger charge is 2.24. The first-order valence-corrected chi connectivity index (χ1v) is 6.35. The summed E-state index contributed by atoms with van der Waals surface area (Å²) in [7, 11) is 0. The van der Waals surface area contributed by atoms with Gasteiger partial charge in [0.25, 0.3) is 5.91 Å². The first kappa shape index (κ1) is 15.2. The van der Waals surface area contributed by atoms with Gasteiger partial charge in [0.1, 0.15) is 16.4 Å². The predicted molar refractivity (Wildman–Crippen MR) is 77.5 cm³/mol. The van der Waals surface area contributed by atoms with Crippen molar-refractivity contribution in [2.24, 2.45) is 0 Å². The topological polar surface area (TPSA) is 72.2 Å². The maximum Gasteiger partial charge on any atom is 0.300 e. The van der Waals surface area contributed by atoms with Crippen LogP contribution in [0.2, 0.25) is 10.0 Å². The molecule has 1 N–H and O–H groups in total. The number of carbonyl (C=O) groups excluding carboxylic acids is 1. The molecule has 8 heteroatoms. The van der Waals surface area contributed by atoms with Gasteiger partial charge in [-0.3, -0.25) is 14.9 Å². The molecule has 2 rings (SSSR count). The van der Waals surface area contributed by atoms with Crippen LogP contribution >= 0.6 is 23.2 Å². The molecule has 0 saturated heterocycles. The molecule has 2 aromatic carbocycles. The minimum Gasteiger partial charge on any atom is -0.320 e. The summed E-state index contributed by atoms with van der Waals surface area (Å²) < 4.78 is 12.9. The van der Waals surface area contributed by atoms with Gasteiger partial charge in [0, 0.05) is 0 Å². The quantitative estimate of drug-likeness (QED) is 0.674. The molecule has 0 aliphatic heterocycles. The van der Waals surface area contributed by atoms with Crippen molar-refractivity contribution < 1.29 is 14.1 Å². The Balaban J connectivity index is 2.37. The standard InChI is InChI=1S/C13H7Cl2FN2O3/c14-9-3-1-2-8(12(9)18(20)21)13(19)17-11-5-4-7(16)6-10(11)15/h1-6H,(H,17,19). The first-order valence-electron chi connectivity index (χ1n) is 5.59. The normalized spacial score (nSPS) is 10.2. The van der Waals surface area contributed by atoms with Gasteiger partial charge in [-0.15, -0.1) is 0 Å². The predicted octanol–water partition coefficient (Wildman–Crippen LogP) is 4.29. The number of anilines is 1. The lowest BCUT2D eigenvalue weighted by Gasteiger charge is -2.08. The molecule has 1 amide bonds. The summed E-state index contributed by atoms with van der Waals surface area (Å²) in [6.07, 6.45) is 0. The van der Waals surface area contributed by atoms with Crippen LogP contribution in [-0.4, -0.2) is 10.8 Å². The highest BCUT2D eigenvalue weighted by atomic mass is 35.5. The number of nitro benzene ring substituents is 1.